The van der Waals surface area contributed by atoms with Crippen LogP contribution >= 0.6 is 11.6 Å². The largest absolute Gasteiger partial charge is 0.398 e. The second-order valence-electron chi connectivity index (χ2n) is 4.73. The van der Waals surface area contributed by atoms with Crippen LogP contribution < -0.4 is 11.1 Å². The van der Waals surface area contributed by atoms with Gasteiger partial charge in [-0.2, -0.15) is 0 Å². The number of fused-ring (bicyclic) bond motifs is 1. The summed E-state index contributed by atoms with van der Waals surface area (Å²) in [5.74, 6) is 0. The number of nitrogens with two attached hydrogens (primary N) is 1. The summed E-state index contributed by atoms with van der Waals surface area (Å²) < 4.78 is 0. The van der Waals surface area contributed by atoms with Gasteiger partial charge in [-0.1, -0.05) is 17.7 Å². The summed E-state index contributed by atoms with van der Waals surface area (Å²) in [6, 6.07) is 11.7. The van der Waals surface area contributed by atoms with Crippen LogP contribution in [0.1, 0.15) is 5.56 Å². The van der Waals surface area contributed by atoms with Crippen molar-refractivity contribution in [3.8, 4) is 0 Å². The second-order valence-corrected chi connectivity index (χ2v) is 5.14. The van der Waals surface area contributed by atoms with Crippen molar-refractivity contribution in [2.75, 3.05) is 11.1 Å². The molecule has 0 radical (unpaired) electrons. The van der Waals surface area contributed by atoms with Crippen LogP contribution in [0.15, 0.2) is 48.8 Å². The van der Waals surface area contributed by atoms with Crippen LogP contribution in [0.4, 0.5) is 17.1 Å². The number of pyridine rings is 1. The molecule has 3 aromatic rings. The highest BCUT2D eigenvalue weighted by molar-refractivity contribution is 6.33. The number of aromatic nitrogens is 1. The van der Waals surface area contributed by atoms with E-state index in [0.717, 1.165) is 27.7 Å². The molecule has 3 rings (SSSR count). The third-order valence-electron chi connectivity index (χ3n) is 3.24. The first kappa shape index (κ1) is 12.8. The van der Waals surface area contributed by atoms with Gasteiger partial charge in [-0.3, -0.25) is 4.98 Å². The second kappa shape index (κ2) is 5.02. The summed E-state index contributed by atoms with van der Waals surface area (Å²) in [6.45, 7) is 2.03. The van der Waals surface area contributed by atoms with E-state index >= 15 is 0 Å². The number of rotatable bonds is 2. The predicted octanol–water partition coefficient (Wildman–Crippen LogP) is 4.52. The van der Waals surface area contributed by atoms with E-state index in [0.29, 0.717) is 10.7 Å². The van der Waals surface area contributed by atoms with Crippen molar-refractivity contribution < 1.29 is 0 Å². The van der Waals surface area contributed by atoms with Gasteiger partial charge in [0.05, 0.1) is 10.7 Å². The number of aryl methyl sites for hydroxylation is 1. The molecule has 0 aliphatic carbocycles. The number of hydrogen-bond acceptors (Lipinski definition) is 3. The molecule has 0 fully saturated rings. The first-order chi connectivity index (χ1) is 9.65. The maximum atomic E-state index is 6.23. The molecule has 0 saturated carbocycles. The lowest BCUT2D eigenvalue weighted by Gasteiger charge is -2.13. The Morgan fingerprint density at radius 1 is 1.05 bits per heavy atom. The smallest absolute Gasteiger partial charge is 0.0641 e. The minimum atomic E-state index is 0.689. The molecule has 0 atom stereocenters. The van der Waals surface area contributed by atoms with E-state index in [-0.39, 0.29) is 0 Å². The van der Waals surface area contributed by atoms with Gasteiger partial charge in [0.1, 0.15) is 0 Å². The lowest BCUT2D eigenvalue weighted by Crippen LogP contribution is -1.95. The molecule has 0 aliphatic rings. The SMILES string of the molecule is Cc1ccc(Cl)c(Nc2ccc(N)c3cnccc23)c1. The highest BCUT2D eigenvalue weighted by atomic mass is 35.5. The molecule has 2 aromatic carbocycles. The molecule has 0 unspecified atom stereocenters. The number of nitrogens with zero attached hydrogens (tertiary/aromatic N) is 1. The summed E-state index contributed by atoms with van der Waals surface area (Å²) in [6.07, 6.45) is 3.53. The van der Waals surface area contributed by atoms with Gasteiger partial charge < -0.3 is 11.1 Å². The highest BCUT2D eigenvalue weighted by Gasteiger charge is 2.06. The fourth-order valence-electron chi connectivity index (χ4n) is 2.20. The normalized spacial score (nSPS) is 10.7. The van der Waals surface area contributed by atoms with Crippen molar-refractivity contribution in [2.24, 2.45) is 0 Å². The van der Waals surface area contributed by atoms with Crippen LogP contribution in [0.5, 0.6) is 0 Å². The van der Waals surface area contributed by atoms with Crippen LogP contribution in [-0.4, -0.2) is 4.98 Å². The van der Waals surface area contributed by atoms with E-state index < -0.39 is 0 Å². The standard InChI is InChI=1S/C16H14ClN3/c1-10-2-3-13(17)16(8-10)20-15-5-4-14(18)12-9-19-7-6-11(12)15/h2-9,20H,18H2,1H3. The maximum absolute atomic E-state index is 6.23. The number of halogens is 1. The minimum Gasteiger partial charge on any atom is -0.398 e. The van der Waals surface area contributed by atoms with Crippen LogP contribution in [-0.2, 0) is 0 Å². The third kappa shape index (κ3) is 2.28. The van der Waals surface area contributed by atoms with Crippen LogP contribution in [0.3, 0.4) is 0 Å². The van der Waals surface area contributed by atoms with E-state index in [9.17, 15) is 0 Å². The number of benzene rings is 2. The Hall–Kier alpha value is -2.26. The quantitative estimate of drug-likeness (QED) is 0.680. The van der Waals surface area contributed by atoms with Gasteiger partial charge in [-0.15, -0.1) is 0 Å². The van der Waals surface area contributed by atoms with Crippen molar-refractivity contribution in [1.82, 2.24) is 4.98 Å². The fourth-order valence-corrected chi connectivity index (χ4v) is 2.37. The van der Waals surface area contributed by atoms with Crippen LogP contribution in [0.25, 0.3) is 10.8 Å². The zero-order valence-corrected chi connectivity index (χ0v) is 11.8. The summed E-state index contributed by atoms with van der Waals surface area (Å²) >= 11 is 6.23. The topological polar surface area (TPSA) is 50.9 Å². The van der Waals surface area contributed by atoms with Gasteiger partial charge >= 0.3 is 0 Å². The summed E-state index contributed by atoms with van der Waals surface area (Å²) in [7, 11) is 0. The van der Waals surface area contributed by atoms with Crippen LogP contribution in [0.2, 0.25) is 5.02 Å². The Morgan fingerprint density at radius 2 is 1.90 bits per heavy atom. The zero-order valence-electron chi connectivity index (χ0n) is 11.0. The molecule has 100 valence electrons. The van der Waals surface area contributed by atoms with Crippen molar-refractivity contribution >= 4 is 39.4 Å². The van der Waals surface area contributed by atoms with Gasteiger partial charge in [-0.05, 0) is 42.8 Å². The molecule has 3 nitrogen and oxygen atoms in total. The van der Waals surface area contributed by atoms with E-state index in [1.807, 2.05) is 43.3 Å². The number of hydrogen-bond donors (Lipinski definition) is 2. The van der Waals surface area contributed by atoms with E-state index in [2.05, 4.69) is 10.3 Å². The van der Waals surface area contributed by atoms with E-state index in [1.165, 1.54) is 0 Å². The molecule has 0 aliphatic heterocycles. The van der Waals surface area contributed by atoms with Gasteiger partial charge in [0, 0.05) is 34.5 Å². The highest BCUT2D eigenvalue weighted by Crippen LogP contribution is 2.32. The lowest BCUT2D eigenvalue weighted by molar-refractivity contribution is 1.36. The molecule has 1 aromatic heterocycles. The Bertz CT molecular complexity index is 784. The van der Waals surface area contributed by atoms with Crippen molar-refractivity contribution in [2.45, 2.75) is 6.92 Å². The fraction of sp³-hybridized carbons (Fsp3) is 0.0625. The molecule has 0 amide bonds. The lowest BCUT2D eigenvalue weighted by atomic mass is 10.1. The maximum Gasteiger partial charge on any atom is 0.0641 e. The molecule has 0 spiro atoms. The molecule has 0 saturated heterocycles. The third-order valence-corrected chi connectivity index (χ3v) is 3.57. The average molecular weight is 284 g/mol. The van der Waals surface area contributed by atoms with Gasteiger partial charge in [0.2, 0.25) is 0 Å². The molecule has 0 bridgehead atoms. The molecule has 20 heavy (non-hydrogen) atoms. The first-order valence-corrected chi connectivity index (χ1v) is 6.68. The van der Waals surface area contributed by atoms with E-state index in [1.54, 1.807) is 12.4 Å². The van der Waals surface area contributed by atoms with E-state index in [4.69, 9.17) is 17.3 Å². The Balaban J connectivity index is 2.11. The first-order valence-electron chi connectivity index (χ1n) is 6.30. The minimum absolute atomic E-state index is 0.689. The Kier molecular flexibility index (Phi) is 3.20. The van der Waals surface area contributed by atoms with Gasteiger partial charge in [-0.25, -0.2) is 0 Å². The van der Waals surface area contributed by atoms with Crippen molar-refractivity contribution in [1.29, 1.82) is 0 Å². The summed E-state index contributed by atoms with van der Waals surface area (Å²) in [5, 5.41) is 6.01. The predicted molar refractivity (Wildman–Crippen MR) is 85.6 cm³/mol. The molecule has 4 heteroatoms. The molecular formula is C16H14ClN3. The van der Waals surface area contributed by atoms with Crippen molar-refractivity contribution in [3.63, 3.8) is 0 Å². The van der Waals surface area contributed by atoms with Crippen LogP contribution in [0, 0.1) is 6.92 Å². The molecule has 1 heterocycles. The van der Waals surface area contributed by atoms with Gasteiger partial charge in [0.15, 0.2) is 0 Å². The Labute approximate surface area is 122 Å². The molecular weight excluding hydrogens is 270 g/mol. The summed E-state index contributed by atoms with van der Waals surface area (Å²) in [5.41, 5.74) is 9.69. The average Bonchev–Trinajstić information content (AvgIpc) is 2.46. The number of anilines is 3. The monoisotopic (exact) mass is 283 g/mol. The van der Waals surface area contributed by atoms with Crippen molar-refractivity contribution in [3.05, 3.63) is 59.4 Å². The Morgan fingerprint density at radius 3 is 2.75 bits per heavy atom. The number of nitrogens with one attached hydrogen (secondary N) is 1. The zero-order chi connectivity index (χ0) is 14.1. The number of nitrogen functional groups attached to an aromatic ring is 1. The summed E-state index contributed by atoms with van der Waals surface area (Å²) in [4.78, 5) is 4.12. The van der Waals surface area contributed by atoms with Gasteiger partial charge in [0.25, 0.3) is 0 Å². The molecule has 3 N–H and O–H groups in total.